The average Bonchev–Trinajstić information content (AvgIpc) is 2.81. The minimum atomic E-state index is 0.0813. The van der Waals surface area contributed by atoms with Gasteiger partial charge in [0.2, 0.25) is 0 Å². The van der Waals surface area contributed by atoms with E-state index in [1.165, 1.54) is 0 Å². The lowest BCUT2D eigenvalue weighted by Gasteiger charge is -2.15. The number of carbonyl (C=O) groups excluding carboxylic acids is 1. The summed E-state index contributed by atoms with van der Waals surface area (Å²) in [4.78, 5) is 17.4. The number of aromatic amines is 1. The van der Waals surface area contributed by atoms with E-state index >= 15 is 0 Å². The van der Waals surface area contributed by atoms with Gasteiger partial charge in [0.1, 0.15) is 0 Å². The first-order valence-corrected chi connectivity index (χ1v) is 6.64. The van der Waals surface area contributed by atoms with E-state index in [4.69, 9.17) is 0 Å². The third-order valence-electron chi connectivity index (χ3n) is 3.24. The van der Waals surface area contributed by atoms with Crippen molar-refractivity contribution in [3.63, 3.8) is 0 Å². The second-order valence-electron chi connectivity index (χ2n) is 4.81. The van der Waals surface area contributed by atoms with E-state index in [1.54, 1.807) is 4.90 Å². The van der Waals surface area contributed by atoms with Crippen LogP contribution in [0.2, 0.25) is 0 Å². The summed E-state index contributed by atoms with van der Waals surface area (Å²) >= 11 is 0. The molecule has 1 aromatic carbocycles. The fraction of sp³-hybridized carbons (Fsp3) is 0.312. The lowest BCUT2D eigenvalue weighted by Crippen LogP contribution is -2.27. The molecule has 1 N–H and O–H groups in total. The molecule has 0 spiro atoms. The number of hydrogen-bond acceptors (Lipinski definition) is 1. The van der Waals surface area contributed by atoms with Crippen LogP contribution in [0.4, 0.5) is 0 Å². The molecule has 0 fully saturated rings. The third kappa shape index (κ3) is 2.87. The van der Waals surface area contributed by atoms with Crippen molar-refractivity contribution < 1.29 is 4.79 Å². The predicted molar refractivity (Wildman–Crippen MR) is 78.2 cm³/mol. The molecule has 0 bridgehead atoms. The van der Waals surface area contributed by atoms with Crippen molar-refractivity contribution in [3.05, 3.63) is 47.7 Å². The SMILES string of the molecule is CCCN(C)C(=O)c1cc(-c2ccccc2)[nH]c1C. The molecule has 1 amide bonds. The van der Waals surface area contributed by atoms with Crippen LogP contribution in [0.1, 0.15) is 29.4 Å². The number of carbonyl (C=O) groups is 1. The molecule has 2 rings (SSSR count). The Morgan fingerprint density at radius 2 is 1.95 bits per heavy atom. The number of nitrogens with zero attached hydrogens (tertiary/aromatic N) is 1. The molecule has 0 aliphatic heterocycles. The number of benzene rings is 1. The fourth-order valence-corrected chi connectivity index (χ4v) is 2.20. The van der Waals surface area contributed by atoms with Gasteiger partial charge in [0.15, 0.2) is 0 Å². The third-order valence-corrected chi connectivity index (χ3v) is 3.24. The van der Waals surface area contributed by atoms with Crippen LogP contribution in [-0.4, -0.2) is 29.4 Å². The van der Waals surface area contributed by atoms with E-state index in [2.05, 4.69) is 11.9 Å². The Labute approximate surface area is 114 Å². The monoisotopic (exact) mass is 256 g/mol. The van der Waals surface area contributed by atoms with Gasteiger partial charge in [-0.3, -0.25) is 4.79 Å². The van der Waals surface area contributed by atoms with Gasteiger partial charge >= 0.3 is 0 Å². The van der Waals surface area contributed by atoms with E-state index in [-0.39, 0.29) is 5.91 Å². The molecule has 3 nitrogen and oxygen atoms in total. The van der Waals surface area contributed by atoms with Gasteiger partial charge in [-0.25, -0.2) is 0 Å². The Bertz CT molecular complexity index is 557. The van der Waals surface area contributed by atoms with Crippen molar-refractivity contribution in [2.24, 2.45) is 0 Å². The number of nitrogens with one attached hydrogen (secondary N) is 1. The maximum Gasteiger partial charge on any atom is 0.255 e. The summed E-state index contributed by atoms with van der Waals surface area (Å²) in [5, 5.41) is 0. The molecule has 0 saturated heterocycles. The van der Waals surface area contributed by atoms with E-state index < -0.39 is 0 Å². The molecular formula is C16H20N2O. The van der Waals surface area contributed by atoms with Gasteiger partial charge in [-0.1, -0.05) is 37.3 Å². The van der Waals surface area contributed by atoms with Crippen LogP contribution in [0.5, 0.6) is 0 Å². The van der Waals surface area contributed by atoms with Crippen LogP contribution in [-0.2, 0) is 0 Å². The first kappa shape index (κ1) is 13.4. The summed E-state index contributed by atoms with van der Waals surface area (Å²) in [6.45, 7) is 4.80. The summed E-state index contributed by atoms with van der Waals surface area (Å²) < 4.78 is 0. The first-order chi connectivity index (χ1) is 9.13. The van der Waals surface area contributed by atoms with Crippen molar-refractivity contribution in [1.29, 1.82) is 0 Å². The number of amides is 1. The van der Waals surface area contributed by atoms with Gasteiger partial charge in [-0.05, 0) is 25.0 Å². The van der Waals surface area contributed by atoms with Crippen molar-refractivity contribution in [1.82, 2.24) is 9.88 Å². The van der Waals surface area contributed by atoms with Gasteiger partial charge in [0.05, 0.1) is 5.56 Å². The normalized spacial score (nSPS) is 10.5. The van der Waals surface area contributed by atoms with Crippen LogP contribution in [0.3, 0.4) is 0 Å². The van der Waals surface area contributed by atoms with Crippen LogP contribution < -0.4 is 0 Å². The van der Waals surface area contributed by atoms with Crippen LogP contribution in [0.15, 0.2) is 36.4 Å². The van der Waals surface area contributed by atoms with Crippen molar-refractivity contribution in [3.8, 4) is 11.3 Å². The molecule has 0 unspecified atom stereocenters. The number of H-pyrrole nitrogens is 1. The highest BCUT2D eigenvalue weighted by molar-refractivity contribution is 5.96. The Morgan fingerprint density at radius 1 is 1.26 bits per heavy atom. The highest BCUT2D eigenvalue weighted by Crippen LogP contribution is 2.22. The molecule has 1 aromatic heterocycles. The lowest BCUT2D eigenvalue weighted by molar-refractivity contribution is 0.0794. The number of aromatic nitrogens is 1. The summed E-state index contributed by atoms with van der Waals surface area (Å²) in [6, 6.07) is 12.0. The van der Waals surface area contributed by atoms with Gasteiger partial charge in [0.25, 0.3) is 5.91 Å². The van der Waals surface area contributed by atoms with E-state index in [0.717, 1.165) is 35.5 Å². The van der Waals surface area contributed by atoms with E-state index in [1.807, 2.05) is 50.4 Å². The Morgan fingerprint density at radius 3 is 2.58 bits per heavy atom. The lowest BCUT2D eigenvalue weighted by atomic mass is 10.1. The summed E-state index contributed by atoms with van der Waals surface area (Å²) in [5.41, 5.74) is 3.77. The minimum Gasteiger partial charge on any atom is -0.358 e. The standard InChI is InChI=1S/C16H20N2O/c1-4-10-18(3)16(19)14-11-15(17-12(14)2)13-8-6-5-7-9-13/h5-9,11,17H,4,10H2,1-3H3. The number of hydrogen-bond donors (Lipinski definition) is 1. The summed E-state index contributed by atoms with van der Waals surface area (Å²) in [7, 11) is 1.85. The molecule has 0 aliphatic carbocycles. The maximum absolute atomic E-state index is 12.3. The quantitative estimate of drug-likeness (QED) is 0.893. The summed E-state index contributed by atoms with van der Waals surface area (Å²) in [6.07, 6.45) is 0.969. The van der Waals surface area contributed by atoms with Crippen molar-refractivity contribution in [2.45, 2.75) is 20.3 Å². The smallest absolute Gasteiger partial charge is 0.255 e. The molecule has 1 heterocycles. The molecular weight excluding hydrogens is 236 g/mol. The van der Waals surface area contributed by atoms with Crippen LogP contribution >= 0.6 is 0 Å². The van der Waals surface area contributed by atoms with Crippen LogP contribution in [0.25, 0.3) is 11.3 Å². The van der Waals surface area contributed by atoms with Gasteiger partial charge in [0, 0.05) is 25.0 Å². The van der Waals surface area contributed by atoms with E-state index in [0.29, 0.717) is 0 Å². The molecule has 100 valence electrons. The molecule has 0 saturated carbocycles. The van der Waals surface area contributed by atoms with Gasteiger partial charge < -0.3 is 9.88 Å². The number of aryl methyl sites for hydroxylation is 1. The second-order valence-corrected chi connectivity index (χ2v) is 4.81. The zero-order valence-corrected chi connectivity index (χ0v) is 11.7. The predicted octanol–water partition coefficient (Wildman–Crippen LogP) is 3.47. The summed E-state index contributed by atoms with van der Waals surface area (Å²) in [5.74, 6) is 0.0813. The molecule has 0 aliphatic rings. The Balaban J connectivity index is 2.29. The zero-order chi connectivity index (χ0) is 13.8. The van der Waals surface area contributed by atoms with Crippen molar-refractivity contribution in [2.75, 3.05) is 13.6 Å². The van der Waals surface area contributed by atoms with Crippen molar-refractivity contribution >= 4 is 5.91 Å². The maximum atomic E-state index is 12.3. The minimum absolute atomic E-state index is 0.0813. The Hall–Kier alpha value is -2.03. The average molecular weight is 256 g/mol. The van der Waals surface area contributed by atoms with Gasteiger partial charge in [-0.2, -0.15) is 0 Å². The second kappa shape index (κ2) is 5.74. The Kier molecular flexibility index (Phi) is 4.05. The molecule has 2 aromatic rings. The molecule has 0 radical (unpaired) electrons. The molecule has 3 heteroatoms. The fourth-order valence-electron chi connectivity index (χ4n) is 2.20. The molecule has 0 atom stereocenters. The first-order valence-electron chi connectivity index (χ1n) is 6.64. The van der Waals surface area contributed by atoms with Gasteiger partial charge in [-0.15, -0.1) is 0 Å². The number of rotatable bonds is 4. The van der Waals surface area contributed by atoms with E-state index in [9.17, 15) is 4.79 Å². The highest BCUT2D eigenvalue weighted by Gasteiger charge is 2.16. The van der Waals surface area contributed by atoms with Crippen LogP contribution in [0, 0.1) is 6.92 Å². The molecule has 19 heavy (non-hydrogen) atoms. The largest absolute Gasteiger partial charge is 0.358 e. The zero-order valence-electron chi connectivity index (χ0n) is 11.7. The topological polar surface area (TPSA) is 36.1 Å². The highest BCUT2D eigenvalue weighted by atomic mass is 16.2.